The number of rotatable bonds is 5. The third kappa shape index (κ3) is 3.27. The number of hydrogen-bond acceptors (Lipinski definition) is 6. The lowest BCUT2D eigenvalue weighted by Crippen LogP contribution is -2.14. The van der Waals surface area contributed by atoms with E-state index >= 15 is 0 Å². The maximum Gasteiger partial charge on any atom is 0.264 e. The Kier molecular flexibility index (Phi) is 4.68. The second kappa shape index (κ2) is 6.65. The van der Waals surface area contributed by atoms with Crippen LogP contribution in [0.4, 0.5) is 5.69 Å². The first kappa shape index (κ1) is 18.3. The zero-order valence-corrected chi connectivity index (χ0v) is 16.1. The van der Waals surface area contributed by atoms with Gasteiger partial charge in [0.1, 0.15) is 10.6 Å². The number of nitrogens with zero attached hydrogens (tertiary/aromatic N) is 2. The van der Waals surface area contributed by atoms with Crippen LogP contribution in [0.15, 0.2) is 27.6 Å². The molecule has 138 valence electrons. The third-order valence-corrected chi connectivity index (χ3v) is 5.58. The summed E-state index contributed by atoms with van der Waals surface area (Å²) in [6.45, 7) is 5.06. The summed E-state index contributed by atoms with van der Waals surface area (Å²) in [5, 5.41) is 4.03. The maximum atomic E-state index is 13.0. The molecule has 1 aromatic carbocycles. The largest absolute Gasteiger partial charge is 0.495 e. The molecule has 0 amide bonds. The minimum absolute atomic E-state index is 0.0468. The van der Waals surface area contributed by atoms with Gasteiger partial charge in [-0.1, -0.05) is 16.8 Å². The number of aryl methyl sites for hydroxylation is 3. The Morgan fingerprint density at radius 3 is 2.54 bits per heavy atom. The zero-order chi connectivity index (χ0) is 19.1. The van der Waals surface area contributed by atoms with E-state index in [9.17, 15) is 8.42 Å². The predicted octanol–water partition coefficient (Wildman–Crippen LogP) is 3.45. The summed E-state index contributed by atoms with van der Waals surface area (Å²) in [5.74, 6) is 0.999. The number of nitrogens with one attached hydrogen (secondary N) is 2. The van der Waals surface area contributed by atoms with Gasteiger partial charge in [-0.25, -0.2) is 8.42 Å². The van der Waals surface area contributed by atoms with Crippen LogP contribution in [0.1, 0.15) is 17.2 Å². The van der Waals surface area contributed by atoms with E-state index in [1.807, 2.05) is 0 Å². The molecule has 2 heterocycles. The van der Waals surface area contributed by atoms with Gasteiger partial charge in [-0.15, -0.1) is 0 Å². The normalized spacial score (nSPS) is 11.6. The number of anilines is 1. The summed E-state index contributed by atoms with van der Waals surface area (Å²) in [6.07, 6.45) is 0. The molecular weight excluding hydrogens is 380 g/mol. The van der Waals surface area contributed by atoms with Gasteiger partial charge in [0.15, 0.2) is 5.82 Å². The predicted molar refractivity (Wildman–Crippen MR) is 97.1 cm³/mol. The Morgan fingerprint density at radius 1 is 1.23 bits per heavy atom. The van der Waals surface area contributed by atoms with E-state index < -0.39 is 10.0 Å². The Morgan fingerprint density at radius 2 is 1.96 bits per heavy atom. The van der Waals surface area contributed by atoms with Gasteiger partial charge in [0.05, 0.1) is 23.4 Å². The minimum Gasteiger partial charge on any atom is -0.495 e. The fourth-order valence-corrected chi connectivity index (χ4v) is 4.45. The summed E-state index contributed by atoms with van der Waals surface area (Å²) >= 11 is 6.07. The van der Waals surface area contributed by atoms with Gasteiger partial charge in [0.2, 0.25) is 0 Å². The molecule has 0 bridgehead atoms. The molecule has 3 aromatic rings. The first-order valence-electron chi connectivity index (χ1n) is 7.59. The van der Waals surface area contributed by atoms with Crippen molar-refractivity contribution in [2.45, 2.75) is 25.7 Å². The van der Waals surface area contributed by atoms with Gasteiger partial charge in [0.25, 0.3) is 15.9 Å². The lowest BCUT2D eigenvalue weighted by molar-refractivity contribution is 0.415. The van der Waals surface area contributed by atoms with Crippen molar-refractivity contribution in [2.24, 2.45) is 0 Å². The van der Waals surface area contributed by atoms with E-state index in [1.54, 1.807) is 32.9 Å². The summed E-state index contributed by atoms with van der Waals surface area (Å²) in [4.78, 5) is 7.20. The van der Waals surface area contributed by atoms with Gasteiger partial charge in [-0.2, -0.15) is 4.98 Å². The fraction of sp³-hybridized carbons (Fsp3) is 0.250. The smallest absolute Gasteiger partial charge is 0.264 e. The second-order valence-corrected chi connectivity index (χ2v) is 7.71. The molecule has 2 aromatic heterocycles. The van der Waals surface area contributed by atoms with Crippen LogP contribution in [0.5, 0.6) is 5.75 Å². The molecule has 2 N–H and O–H groups in total. The lowest BCUT2D eigenvalue weighted by atomic mass is 10.2. The lowest BCUT2D eigenvalue weighted by Gasteiger charge is -2.11. The van der Waals surface area contributed by atoms with Crippen molar-refractivity contribution in [3.63, 3.8) is 0 Å². The van der Waals surface area contributed by atoms with Crippen molar-refractivity contribution in [3.05, 3.63) is 40.4 Å². The Labute approximate surface area is 155 Å². The molecular formula is C16H17ClN4O4S. The van der Waals surface area contributed by atoms with E-state index in [-0.39, 0.29) is 10.8 Å². The standard InChI is InChI=1S/C16H17ClN4O4S/c1-8-14(16-19-10(3)20-25-16)15(9(2)18-8)26(22,23)21-11-5-6-13(24-4)12(17)7-11/h5-7,18,21H,1-4H3. The monoisotopic (exact) mass is 396 g/mol. The molecule has 0 radical (unpaired) electrons. The average molecular weight is 397 g/mol. The van der Waals surface area contributed by atoms with Crippen LogP contribution in [0.3, 0.4) is 0 Å². The highest BCUT2D eigenvalue weighted by Crippen LogP contribution is 2.34. The highest BCUT2D eigenvalue weighted by atomic mass is 35.5. The van der Waals surface area contributed by atoms with Crippen molar-refractivity contribution in [2.75, 3.05) is 11.8 Å². The number of halogens is 1. The number of aromatic amines is 1. The van der Waals surface area contributed by atoms with Gasteiger partial charge in [0, 0.05) is 11.4 Å². The van der Waals surface area contributed by atoms with Gasteiger partial charge in [-0.3, -0.25) is 4.72 Å². The second-order valence-electron chi connectivity index (χ2n) is 5.68. The van der Waals surface area contributed by atoms with Crippen molar-refractivity contribution < 1.29 is 17.7 Å². The summed E-state index contributed by atoms with van der Waals surface area (Å²) in [6, 6.07) is 4.62. The van der Waals surface area contributed by atoms with Crippen molar-refractivity contribution in [1.29, 1.82) is 0 Å². The van der Waals surface area contributed by atoms with E-state index in [0.29, 0.717) is 39.2 Å². The summed E-state index contributed by atoms with van der Waals surface area (Å²) in [7, 11) is -2.46. The van der Waals surface area contributed by atoms with Gasteiger partial charge < -0.3 is 14.2 Å². The van der Waals surface area contributed by atoms with Crippen molar-refractivity contribution in [3.8, 4) is 17.2 Å². The molecule has 0 atom stereocenters. The number of hydrogen-bond donors (Lipinski definition) is 2. The first-order valence-corrected chi connectivity index (χ1v) is 9.45. The SMILES string of the molecule is COc1ccc(NS(=O)(=O)c2c(C)[nH]c(C)c2-c2nc(C)no2)cc1Cl. The highest BCUT2D eigenvalue weighted by Gasteiger charge is 2.29. The molecule has 0 aliphatic carbocycles. The molecule has 10 heteroatoms. The van der Waals surface area contributed by atoms with Crippen molar-refractivity contribution in [1.82, 2.24) is 15.1 Å². The topological polar surface area (TPSA) is 110 Å². The third-order valence-electron chi connectivity index (χ3n) is 3.73. The van der Waals surface area contributed by atoms with Crippen LogP contribution >= 0.6 is 11.6 Å². The zero-order valence-electron chi connectivity index (χ0n) is 14.5. The molecule has 0 fully saturated rings. The van der Waals surface area contributed by atoms with Crippen LogP contribution in [-0.4, -0.2) is 30.7 Å². The van der Waals surface area contributed by atoms with Crippen LogP contribution < -0.4 is 9.46 Å². The van der Waals surface area contributed by atoms with Crippen LogP contribution in [0, 0.1) is 20.8 Å². The summed E-state index contributed by atoms with van der Waals surface area (Å²) < 4.78 is 38.8. The molecule has 0 saturated heterocycles. The minimum atomic E-state index is -3.94. The van der Waals surface area contributed by atoms with E-state index in [0.717, 1.165) is 0 Å². The van der Waals surface area contributed by atoms with Gasteiger partial charge in [-0.05, 0) is 39.0 Å². The molecule has 26 heavy (non-hydrogen) atoms. The van der Waals surface area contributed by atoms with Crippen molar-refractivity contribution >= 4 is 27.3 Å². The van der Waals surface area contributed by atoms with E-state index in [1.165, 1.54) is 13.2 Å². The number of methoxy groups -OCH3 is 1. The molecule has 0 saturated carbocycles. The Bertz CT molecular complexity index is 1070. The maximum absolute atomic E-state index is 13.0. The summed E-state index contributed by atoms with van der Waals surface area (Å²) in [5.41, 5.74) is 1.72. The molecule has 0 spiro atoms. The quantitative estimate of drug-likeness (QED) is 0.683. The molecule has 0 unspecified atom stereocenters. The molecule has 0 aliphatic rings. The van der Waals surface area contributed by atoms with E-state index in [2.05, 4.69) is 19.8 Å². The van der Waals surface area contributed by atoms with E-state index in [4.69, 9.17) is 20.9 Å². The highest BCUT2D eigenvalue weighted by molar-refractivity contribution is 7.93. The fourth-order valence-electron chi connectivity index (χ4n) is 2.69. The van der Waals surface area contributed by atoms with Crippen LogP contribution in [-0.2, 0) is 10.0 Å². The van der Waals surface area contributed by atoms with Gasteiger partial charge >= 0.3 is 0 Å². The Hall–Kier alpha value is -2.52. The average Bonchev–Trinajstić information content (AvgIpc) is 3.10. The number of aromatic nitrogens is 3. The first-order chi connectivity index (χ1) is 12.2. The number of H-pyrrole nitrogens is 1. The Balaban J connectivity index is 2.06. The van der Waals surface area contributed by atoms with Crippen LogP contribution in [0.25, 0.3) is 11.5 Å². The number of ether oxygens (including phenoxy) is 1. The number of sulfonamides is 1. The van der Waals surface area contributed by atoms with Crippen LogP contribution in [0.2, 0.25) is 5.02 Å². The molecule has 0 aliphatic heterocycles. The number of benzene rings is 1. The molecule has 8 nitrogen and oxygen atoms in total. The molecule has 3 rings (SSSR count).